The molecule has 0 aromatic carbocycles. The fourth-order valence-electron chi connectivity index (χ4n) is 3.57. The number of anilines is 1. The van der Waals surface area contributed by atoms with Gasteiger partial charge in [0, 0.05) is 30.1 Å². The van der Waals surface area contributed by atoms with Crippen LogP contribution in [0.25, 0.3) is 0 Å². The minimum absolute atomic E-state index is 0. The molecule has 2 saturated carbocycles. The minimum atomic E-state index is -0.178. The topological polar surface area (TPSA) is 83.8 Å². The second-order valence-electron chi connectivity index (χ2n) is 6.12. The summed E-state index contributed by atoms with van der Waals surface area (Å²) >= 11 is 0. The zero-order valence-corrected chi connectivity index (χ0v) is 12.6. The predicted octanol–water partition coefficient (Wildman–Crippen LogP) is 2.27. The SMILES string of the molecule is CC(CN)C(=O)Nc1cc(C2CC3CCC2C3)[nH]n1.Cl. The maximum absolute atomic E-state index is 11.8. The Balaban J connectivity index is 0.00000147. The third kappa shape index (κ3) is 2.83. The van der Waals surface area contributed by atoms with Crippen LogP contribution in [0.5, 0.6) is 0 Å². The number of rotatable bonds is 4. The first-order valence-corrected chi connectivity index (χ1v) is 7.23. The molecule has 0 radical (unpaired) electrons. The molecule has 112 valence electrons. The fourth-order valence-corrected chi connectivity index (χ4v) is 3.57. The fraction of sp³-hybridized carbons (Fsp3) is 0.714. The first kappa shape index (κ1) is 15.3. The minimum Gasteiger partial charge on any atom is -0.330 e. The van der Waals surface area contributed by atoms with Crippen molar-refractivity contribution in [3.63, 3.8) is 0 Å². The van der Waals surface area contributed by atoms with E-state index < -0.39 is 0 Å². The summed E-state index contributed by atoms with van der Waals surface area (Å²) in [7, 11) is 0. The Bertz CT molecular complexity index is 475. The Morgan fingerprint density at radius 2 is 2.35 bits per heavy atom. The number of aromatic nitrogens is 2. The summed E-state index contributed by atoms with van der Waals surface area (Å²) in [5.74, 6) is 2.73. The molecule has 1 aromatic heterocycles. The first-order valence-electron chi connectivity index (χ1n) is 7.23. The molecular weight excluding hydrogens is 276 g/mol. The largest absolute Gasteiger partial charge is 0.330 e. The van der Waals surface area contributed by atoms with Crippen molar-refractivity contribution in [2.24, 2.45) is 23.5 Å². The number of nitrogens with zero attached hydrogens (tertiary/aromatic N) is 1. The monoisotopic (exact) mass is 298 g/mol. The maximum atomic E-state index is 11.8. The lowest BCUT2D eigenvalue weighted by Gasteiger charge is -2.19. The van der Waals surface area contributed by atoms with Crippen molar-refractivity contribution in [1.29, 1.82) is 0 Å². The van der Waals surface area contributed by atoms with Crippen LogP contribution in [0.2, 0.25) is 0 Å². The highest BCUT2D eigenvalue weighted by Gasteiger charge is 2.40. The highest BCUT2D eigenvalue weighted by atomic mass is 35.5. The summed E-state index contributed by atoms with van der Waals surface area (Å²) in [5, 5.41) is 10.1. The molecule has 2 bridgehead atoms. The summed E-state index contributed by atoms with van der Waals surface area (Å²) in [6.45, 7) is 2.17. The Morgan fingerprint density at radius 3 is 2.95 bits per heavy atom. The number of hydrogen-bond acceptors (Lipinski definition) is 3. The van der Waals surface area contributed by atoms with Gasteiger partial charge < -0.3 is 11.1 Å². The van der Waals surface area contributed by atoms with Crippen molar-refractivity contribution in [2.75, 3.05) is 11.9 Å². The molecule has 6 heteroatoms. The van der Waals surface area contributed by atoms with E-state index in [1.54, 1.807) is 0 Å². The van der Waals surface area contributed by atoms with Crippen molar-refractivity contribution in [3.05, 3.63) is 11.8 Å². The highest BCUT2D eigenvalue weighted by molar-refractivity contribution is 5.91. The van der Waals surface area contributed by atoms with Crippen LogP contribution in [-0.4, -0.2) is 22.6 Å². The molecule has 4 unspecified atom stereocenters. The second kappa shape index (κ2) is 6.14. The smallest absolute Gasteiger partial charge is 0.229 e. The van der Waals surface area contributed by atoms with E-state index >= 15 is 0 Å². The number of carbonyl (C=O) groups excluding carboxylic acids is 1. The number of aromatic amines is 1. The molecule has 1 amide bonds. The molecule has 1 heterocycles. The van der Waals surface area contributed by atoms with Gasteiger partial charge in [-0.15, -0.1) is 12.4 Å². The maximum Gasteiger partial charge on any atom is 0.229 e. The van der Waals surface area contributed by atoms with Gasteiger partial charge in [0.1, 0.15) is 0 Å². The van der Waals surface area contributed by atoms with Crippen LogP contribution < -0.4 is 11.1 Å². The molecule has 4 atom stereocenters. The summed E-state index contributed by atoms with van der Waals surface area (Å²) in [6, 6.07) is 1.99. The van der Waals surface area contributed by atoms with Crippen molar-refractivity contribution in [1.82, 2.24) is 10.2 Å². The molecular formula is C14H23ClN4O. The number of fused-ring (bicyclic) bond motifs is 2. The van der Waals surface area contributed by atoms with Gasteiger partial charge in [-0.2, -0.15) is 5.10 Å². The lowest BCUT2D eigenvalue weighted by molar-refractivity contribution is -0.119. The van der Waals surface area contributed by atoms with Crippen molar-refractivity contribution in [2.45, 2.75) is 38.5 Å². The molecule has 0 saturated heterocycles. The van der Waals surface area contributed by atoms with E-state index in [2.05, 4.69) is 15.5 Å². The molecule has 1 aromatic rings. The van der Waals surface area contributed by atoms with Gasteiger partial charge >= 0.3 is 0 Å². The van der Waals surface area contributed by atoms with Crippen LogP contribution in [0.4, 0.5) is 5.82 Å². The quantitative estimate of drug-likeness (QED) is 0.797. The van der Waals surface area contributed by atoms with Gasteiger partial charge in [0.2, 0.25) is 5.91 Å². The Morgan fingerprint density at radius 1 is 1.55 bits per heavy atom. The average molecular weight is 299 g/mol. The normalized spacial score (nSPS) is 29.0. The lowest BCUT2D eigenvalue weighted by Crippen LogP contribution is -2.26. The van der Waals surface area contributed by atoms with E-state index in [1.807, 2.05) is 13.0 Å². The average Bonchev–Trinajstić information content (AvgIpc) is 3.12. The van der Waals surface area contributed by atoms with E-state index in [-0.39, 0.29) is 24.2 Å². The number of nitrogens with one attached hydrogen (secondary N) is 2. The molecule has 0 aliphatic heterocycles. The van der Waals surface area contributed by atoms with Crippen molar-refractivity contribution >= 4 is 24.1 Å². The third-order valence-electron chi connectivity index (χ3n) is 4.79. The van der Waals surface area contributed by atoms with E-state index in [1.165, 1.54) is 31.4 Å². The zero-order chi connectivity index (χ0) is 13.4. The summed E-state index contributed by atoms with van der Waals surface area (Å²) in [5.41, 5.74) is 6.67. The van der Waals surface area contributed by atoms with E-state index in [4.69, 9.17) is 5.73 Å². The predicted molar refractivity (Wildman–Crippen MR) is 80.9 cm³/mol. The second-order valence-corrected chi connectivity index (χ2v) is 6.12. The van der Waals surface area contributed by atoms with Crippen LogP contribution in [-0.2, 0) is 4.79 Å². The van der Waals surface area contributed by atoms with Gasteiger partial charge in [-0.1, -0.05) is 13.3 Å². The van der Waals surface area contributed by atoms with Gasteiger partial charge in [0.15, 0.2) is 5.82 Å². The van der Waals surface area contributed by atoms with E-state index in [9.17, 15) is 4.79 Å². The number of hydrogen-bond donors (Lipinski definition) is 3. The molecule has 2 aliphatic rings. The first-order chi connectivity index (χ1) is 9.17. The Labute approximate surface area is 125 Å². The number of carbonyl (C=O) groups is 1. The molecule has 5 nitrogen and oxygen atoms in total. The van der Waals surface area contributed by atoms with E-state index in [0.717, 1.165) is 11.8 Å². The Kier molecular flexibility index (Phi) is 4.70. The third-order valence-corrected chi connectivity index (χ3v) is 4.79. The molecule has 2 fully saturated rings. The van der Waals surface area contributed by atoms with Gasteiger partial charge in [-0.3, -0.25) is 9.89 Å². The zero-order valence-electron chi connectivity index (χ0n) is 11.8. The number of H-pyrrole nitrogens is 1. The molecule has 0 spiro atoms. The van der Waals surface area contributed by atoms with Gasteiger partial charge in [0.05, 0.1) is 0 Å². The summed E-state index contributed by atoms with van der Waals surface area (Å²) in [4.78, 5) is 11.8. The van der Waals surface area contributed by atoms with Crippen molar-refractivity contribution < 1.29 is 4.79 Å². The molecule has 2 aliphatic carbocycles. The number of nitrogens with two attached hydrogens (primary N) is 1. The van der Waals surface area contributed by atoms with Crippen LogP contribution >= 0.6 is 12.4 Å². The highest BCUT2D eigenvalue weighted by Crippen LogP contribution is 2.52. The van der Waals surface area contributed by atoms with Gasteiger partial charge in [-0.05, 0) is 31.1 Å². The van der Waals surface area contributed by atoms with Crippen LogP contribution in [0.15, 0.2) is 6.07 Å². The van der Waals surface area contributed by atoms with Crippen LogP contribution in [0.3, 0.4) is 0 Å². The standard InChI is InChI=1S/C14H22N4O.ClH/c1-8(7-15)14(19)16-13-6-12(17-18-13)11-5-9-2-3-10(11)4-9;/h6,8-11H,2-5,7,15H2,1H3,(H2,16,17,18,19);1H. The number of amides is 1. The molecule has 4 N–H and O–H groups in total. The number of halogens is 1. The van der Waals surface area contributed by atoms with E-state index in [0.29, 0.717) is 18.3 Å². The lowest BCUT2D eigenvalue weighted by atomic mass is 9.86. The van der Waals surface area contributed by atoms with Gasteiger partial charge in [0.25, 0.3) is 0 Å². The van der Waals surface area contributed by atoms with Gasteiger partial charge in [-0.25, -0.2) is 0 Å². The molecule has 3 rings (SSSR count). The van der Waals surface area contributed by atoms with Crippen LogP contribution in [0.1, 0.15) is 44.2 Å². The molecule has 20 heavy (non-hydrogen) atoms. The van der Waals surface area contributed by atoms with Crippen molar-refractivity contribution in [3.8, 4) is 0 Å². The van der Waals surface area contributed by atoms with Crippen LogP contribution in [0, 0.1) is 17.8 Å². The Hall–Kier alpha value is -1.07. The summed E-state index contributed by atoms with van der Waals surface area (Å²) in [6.07, 6.45) is 5.39. The summed E-state index contributed by atoms with van der Waals surface area (Å²) < 4.78 is 0.